The Labute approximate surface area is 120 Å². The van der Waals surface area contributed by atoms with E-state index in [1.807, 2.05) is 19.1 Å². The average molecular weight is 273 g/mol. The largest absolute Gasteiger partial charge is 0.325 e. The molecule has 0 aliphatic carbocycles. The molecule has 1 aromatic carbocycles. The van der Waals surface area contributed by atoms with Crippen molar-refractivity contribution in [1.82, 2.24) is 10.2 Å². The molecule has 4 nitrogen and oxygen atoms in total. The van der Waals surface area contributed by atoms with Crippen molar-refractivity contribution < 1.29 is 4.79 Å². The van der Waals surface area contributed by atoms with Gasteiger partial charge in [0.1, 0.15) is 0 Å². The highest BCUT2D eigenvalue weighted by Gasteiger charge is 2.36. The van der Waals surface area contributed by atoms with Gasteiger partial charge in [-0.2, -0.15) is 0 Å². The number of carbonyl (C=O) groups excluding carboxylic acids is 1. The zero-order chi connectivity index (χ0) is 14.1. The molecule has 1 amide bonds. The van der Waals surface area contributed by atoms with E-state index in [4.69, 9.17) is 0 Å². The number of likely N-dealkylation sites (tertiary alicyclic amines) is 1. The smallest absolute Gasteiger partial charge is 0.238 e. The van der Waals surface area contributed by atoms with Gasteiger partial charge in [0.2, 0.25) is 5.91 Å². The number of anilines is 1. The number of nitrogens with one attached hydrogen (secondary N) is 2. The van der Waals surface area contributed by atoms with Crippen LogP contribution >= 0.6 is 0 Å². The molecule has 0 aromatic heterocycles. The summed E-state index contributed by atoms with van der Waals surface area (Å²) in [6, 6.07) is 6.13. The monoisotopic (exact) mass is 273 g/mol. The summed E-state index contributed by atoms with van der Waals surface area (Å²) in [5, 5.41) is 6.46. The Kier molecular flexibility index (Phi) is 3.76. The lowest BCUT2D eigenvalue weighted by Gasteiger charge is -2.17. The number of hydrogen-bond acceptors (Lipinski definition) is 3. The van der Waals surface area contributed by atoms with E-state index < -0.39 is 0 Å². The highest BCUT2D eigenvalue weighted by molar-refractivity contribution is 5.93. The van der Waals surface area contributed by atoms with E-state index in [1.165, 1.54) is 5.56 Å². The van der Waals surface area contributed by atoms with Crippen LogP contribution in [0.25, 0.3) is 0 Å². The minimum Gasteiger partial charge on any atom is -0.325 e. The van der Waals surface area contributed by atoms with Crippen LogP contribution in [0.5, 0.6) is 0 Å². The van der Waals surface area contributed by atoms with Crippen molar-refractivity contribution in [1.29, 1.82) is 0 Å². The molecule has 0 saturated carbocycles. The maximum absolute atomic E-state index is 12.2. The first-order valence-corrected chi connectivity index (χ1v) is 7.42. The number of carbonyl (C=O) groups is 1. The Hall–Kier alpha value is -1.39. The molecule has 2 saturated heterocycles. The van der Waals surface area contributed by atoms with Gasteiger partial charge in [-0.05, 0) is 50.4 Å². The fraction of sp³-hybridized carbons (Fsp3) is 0.562. The molecular weight excluding hydrogens is 250 g/mol. The first-order valence-electron chi connectivity index (χ1n) is 7.42. The first kappa shape index (κ1) is 13.6. The van der Waals surface area contributed by atoms with E-state index >= 15 is 0 Å². The van der Waals surface area contributed by atoms with Gasteiger partial charge in [0.25, 0.3) is 0 Å². The van der Waals surface area contributed by atoms with Gasteiger partial charge in [-0.3, -0.25) is 9.69 Å². The normalized spacial score (nSPS) is 25.7. The van der Waals surface area contributed by atoms with Crippen molar-refractivity contribution in [2.75, 3.05) is 38.0 Å². The molecule has 20 heavy (non-hydrogen) atoms. The molecule has 108 valence electrons. The summed E-state index contributed by atoms with van der Waals surface area (Å²) in [7, 11) is 0. The van der Waals surface area contributed by atoms with Gasteiger partial charge in [-0.1, -0.05) is 17.7 Å². The maximum atomic E-state index is 12.2. The Morgan fingerprint density at radius 1 is 1.30 bits per heavy atom. The van der Waals surface area contributed by atoms with Crippen molar-refractivity contribution in [3.8, 4) is 0 Å². The number of nitrogens with zero attached hydrogens (tertiary/aromatic N) is 1. The first-order chi connectivity index (χ1) is 9.61. The third kappa shape index (κ3) is 2.86. The van der Waals surface area contributed by atoms with Crippen molar-refractivity contribution in [2.24, 2.45) is 11.8 Å². The molecule has 0 spiro atoms. The van der Waals surface area contributed by atoms with Gasteiger partial charge in [-0.15, -0.1) is 0 Å². The lowest BCUT2D eigenvalue weighted by molar-refractivity contribution is -0.117. The topological polar surface area (TPSA) is 44.4 Å². The highest BCUT2D eigenvalue weighted by atomic mass is 16.2. The molecular formula is C16H23N3O. The molecule has 2 aliphatic heterocycles. The summed E-state index contributed by atoms with van der Waals surface area (Å²) in [6.45, 7) is 8.94. The second-order valence-corrected chi connectivity index (χ2v) is 6.24. The molecule has 2 heterocycles. The van der Waals surface area contributed by atoms with Crippen LogP contribution in [0.3, 0.4) is 0 Å². The van der Waals surface area contributed by atoms with Crippen LogP contribution in [0, 0.1) is 25.7 Å². The van der Waals surface area contributed by atoms with Gasteiger partial charge < -0.3 is 10.6 Å². The molecule has 0 bridgehead atoms. The van der Waals surface area contributed by atoms with Crippen LogP contribution < -0.4 is 10.6 Å². The SMILES string of the molecule is Cc1ccc(NC(=O)CN2CC3CNCC3C2)c(C)c1. The number of hydrogen-bond donors (Lipinski definition) is 2. The molecule has 0 radical (unpaired) electrons. The minimum atomic E-state index is 0.102. The van der Waals surface area contributed by atoms with Crippen LogP contribution in [0.15, 0.2) is 18.2 Å². The zero-order valence-electron chi connectivity index (χ0n) is 12.3. The summed E-state index contributed by atoms with van der Waals surface area (Å²) in [5.41, 5.74) is 3.28. The predicted molar refractivity (Wildman–Crippen MR) is 80.8 cm³/mol. The average Bonchev–Trinajstić information content (AvgIpc) is 2.93. The van der Waals surface area contributed by atoms with E-state index in [9.17, 15) is 4.79 Å². The minimum absolute atomic E-state index is 0.102. The fourth-order valence-corrected chi connectivity index (χ4v) is 3.43. The highest BCUT2D eigenvalue weighted by Crippen LogP contribution is 2.26. The second kappa shape index (κ2) is 5.54. The molecule has 2 N–H and O–H groups in total. The van der Waals surface area contributed by atoms with E-state index in [-0.39, 0.29) is 5.91 Å². The van der Waals surface area contributed by atoms with E-state index in [2.05, 4.69) is 28.5 Å². The molecule has 1 aromatic rings. The van der Waals surface area contributed by atoms with Crippen molar-refractivity contribution in [2.45, 2.75) is 13.8 Å². The lowest BCUT2D eigenvalue weighted by atomic mass is 10.0. The Bertz CT molecular complexity index is 502. The van der Waals surface area contributed by atoms with Crippen molar-refractivity contribution in [3.63, 3.8) is 0 Å². The summed E-state index contributed by atoms with van der Waals surface area (Å²) in [6.07, 6.45) is 0. The van der Waals surface area contributed by atoms with Crippen molar-refractivity contribution in [3.05, 3.63) is 29.3 Å². The second-order valence-electron chi connectivity index (χ2n) is 6.24. The van der Waals surface area contributed by atoms with E-state index in [0.717, 1.165) is 49.3 Å². The standard InChI is InChI=1S/C16H23N3O/c1-11-3-4-15(12(2)5-11)18-16(20)10-19-8-13-6-17-7-14(13)9-19/h3-5,13-14,17H,6-10H2,1-2H3,(H,18,20). The number of fused-ring (bicyclic) bond motifs is 1. The molecule has 3 rings (SSSR count). The molecule has 2 aliphatic rings. The van der Waals surface area contributed by atoms with Gasteiger partial charge in [0, 0.05) is 18.8 Å². The van der Waals surface area contributed by atoms with Gasteiger partial charge in [0.05, 0.1) is 6.54 Å². The lowest BCUT2D eigenvalue weighted by Crippen LogP contribution is -2.33. The fourth-order valence-electron chi connectivity index (χ4n) is 3.43. The van der Waals surface area contributed by atoms with Crippen LogP contribution in [0.4, 0.5) is 5.69 Å². The van der Waals surface area contributed by atoms with Gasteiger partial charge in [0.15, 0.2) is 0 Å². The summed E-state index contributed by atoms with van der Waals surface area (Å²) in [5.74, 6) is 1.58. The van der Waals surface area contributed by atoms with E-state index in [0.29, 0.717) is 6.54 Å². The quantitative estimate of drug-likeness (QED) is 0.875. The number of aryl methyl sites for hydroxylation is 2. The summed E-state index contributed by atoms with van der Waals surface area (Å²) in [4.78, 5) is 14.4. The van der Waals surface area contributed by atoms with Crippen LogP contribution in [-0.4, -0.2) is 43.5 Å². The number of benzene rings is 1. The molecule has 2 unspecified atom stereocenters. The number of amides is 1. The third-order valence-electron chi connectivity index (χ3n) is 4.49. The van der Waals surface area contributed by atoms with Crippen molar-refractivity contribution >= 4 is 11.6 Å². The molecule has 2 fully saturated rings. The van der Waals surface area contributed by atoms with Crippen LogP contribution in [-0.2, 0) is 4.79 Å². The Morgan fingerprint density at radius 2 is 2.00 bits per heavy atom. The summed E-state index contributed by atoms with van der Waals surface area (Å²) < 4.78 is 0. The molecule has 2 atom stereocenters. The van der Waals surface area contributed by atoms with Gasteiger partial charge in [-0.25, -0.2) is 0 Å². The maximum Gasteiger partial charge on any atom is 0.238 e. The zero-order valence-corrected chi connectivity index (χ0v) is 12.3. The predicted octanol–water partition coefficient (Wildman–Crippen LogP) is 1.39. The van der Waals surface area contributed by atoms with Gasteiger partial charge >= 0.3 is 0 Å². The van der Waals surface area contributed by atoms with E-state index in [1.54, 1.807) is 0 Å². The summed E-state index contributed by atoms with van der Waals surface area (Å²) >= 11 is 0. The molecule has 4 heteroatoms. The van der Waals surface area contributed by atoms with Crippen LogP contribution in [0.2, 0.25) is 0 Å². The third-order valence-corrected chi connectivity index (χ3v) is 4.49. The Balaban J connectivity index is 1.55. The van der Waals surface area contributed by atoms with Crippen LogP contribution in [0.1, 0.15) is 11.1 Å². The Morgan fingerprint density at radius 3 is 2.65 bits per heavy atom. The number of rotatable bonds is 3.